The largest absolute Gasteiger partial charge is 0.366 e. The molecule has 0 aromatic carbocycles. The third-order valence-corrected chi connectivity index (χ3v) is 2.60. The van der Waals surface area contributed by atoms with Gasteiger partial charge >= 0.3 is 0 Å². The molecule has 1 aromatic heterocycles. The standard InChI is InChI=1S/C11H12FN3/c12-9-3-2-6-15(8-9)11-4-1-5-14-10(11)7-13/h1,4-5,9H,2-3,6,8H2. The van der Waals surface area contributed by atoms with Crippen LogP contribution in [0, 0.1) is 11.3 Å². The number of anilines is 1. The van der Waals surface area contributed by atoms with Gasteiger partial charge in [-0.3, -0.25) is 0 Å². The highest BCUT2D eigenvalue weighted by molar-refractivity contribution is 5.55. The van der Waals surface area contributed by atoms with E-state index in [2.05, 4.69) is 4.98 Å². The minimum Gasteiger partial charge on any atom is -0.366 e. The first kappa shape index (κ1) is 9.91. The van der Waals surface area contributed by atoms with Crippen LogP contribution < -0.4 is 4.90 Å². The fraction of sp³-hybridized carbons (Fsp3) is 0.455. The Bertz CT molecular complexity index is 386. The quantitative estimate of drug-likeness (QED) is 0.702. The highest BCUT2D eigenvalue weighted by atomic mass is 19.1. The van der Waals surface area contributed by atoms with Crippen molar-refractivity contribution in [1.82, 2.24) is 4.98 Å². The highest BCUT2D eigenvalue weighted by Gasteiger charge is 2.21. The van der Waals surface area contributed by atoms with Crippen LogP contribution in [0.2, 0.25) is 0 Å². The summed E-state index contributed by atoms with van der Waals surface area (Å²) in [5.74, 6) is 0. The van der Waals surface area contributed by atoms with Crippen LogP contribution in [0.3, 0.4) is 0 Å². The average molecular weight is 205 g/mol. The summed E-state index contributed by atoms with van der Waals surface area (Å²) >= 11 is 0. The van der Waals surface area contributed by atoms with Gasteiger partial charge in [0.2, 0.25) is 0 Å². The number of hydrogen-bond acceptors (Lipinski definition) is 3. The second-order valence-corrected chi connectivity index (χ2v) is 3.67. The summed E-state index contributed by atoms with van der Waals surface area (Å²) in [7, 11) is 0. The lowest BCUT2D eigenvalue weighted by molar-refractivity contribution is 0.286. The first-order valence-corrected chi connectivity index (χ1v) is 5.05. The number of piperidine rings is 1. The molecular formula is C11H12FN3. The van der Waals surface area contributed by atoms with Crippen molar-refractivity contribution in [2.45, 2.75) is 19.0 Å². The second-order valence-electron chi connectivity index (χ2n) is 3.67. The summed E-state index contributed by atoms with van der Waals surface area (Å²) in [5.41, 5.74) is 1.13. The second kappa shape index (κ2) is 4.26. The van der Waals surface area contributed by atoms with E-state index in [9.17, 15) is 4.39 Å². The maximum atomic E-state index is 13.2. The number of halogens is 1. The molecule has 0 N–H and O–H groups in total. The van der Waals surface area contributed by atoms with Crippen molar-refractivity contribution in [3.8, 4) is 6.07 Å². The Morgan fingerprint density at radius 2 is 2.47 bits per heavy atom. The van der Waals surface area contributed by atoms with Crippen molar-refractivity contribution in [3.05, 3.63) is 24.0 Å². The number of nitrogens with zero attached hydrogens (tertiary/aromatic N) is 3. The van der Waals surface area contributed by atoms with Crippen LogP contribution in [0.25, 0.3) is 0 Å². The number of pyridine rings is 1. The molecule has 2 rings (SSSR count). The number of aromatic nitrogens is 1. The molecule has 0 radical (unpaired) electrons. The smallest absolute Gasteiger partial charge is 0.163 e. The van der Waals surface area contributed by atoms with E-state index in [1.807, 2.05) is 17.0 Å². The lowest BCUT2D eigenvalue weighted by atomic mass is 10.1. The molecule has 3 nitrogen and oxygen atoms in total. The molecule has 0 saturated carbocycles. The van der Waals surface area contributed by atoms with Gasteiger partial charge in [0.15, 0.2) is 5.69 Å². The molecule has 0 spiro atoms. The Hall–Kier alpha value is -1.63. The zero-order chi connectivity index (χ0) is 10.7. The van der Waals surface area contributed by atoms with Crippen LogP contribution in [0.15, 0.2) is 18.3 Å². The van der Waals surface area contributed by atoms with Crippen molar-refractivity contribution in [3.63, 3.8) is 0 Å². The highest BCUT2D eigenvalue weighted by Crippen LogP contribution is 2.23. The minimum atomic E-state index is -0.787. The predicted molar refractivity (Wildman–Crippen MR) is 55.3 cm³/mol. The molecule has 1 atom stereocenters. The van der Waals surface area contributed by atoms with Gasteiger partial charge in [-0.05, 0) is 25.0 Å². The first-order chi connectivity index (χ1) is 7.31. The Morgan fingerprint density at radius 3 is 3.20 bits per heavy atom. The van der Waals surface area contributed by atoms with Gasteiger partial charge in [-0.1, -0.05) is 0 Å². The topological polar surface area (TPSA) is 39.9 Å². The number of hydrogen-bond donors (Lipinski definition) is 0. The van der Waals surface area contributed by atoms with E-state index in [1.54, 1.807) is 12.3 Å². The maximum absolute atomic E-state index is 13.2. The van der Waals surface area contributed by atoms with Gasteiger partial charge < -0.3 is 4.90 Å². The van der Waals surface area contributed by atoms with Crippen molar-refractivity contribution in [2.24, 2.45) is 0 Å². The molecule has 78 valence electrons. The molecule has 1 unspecified atom stereocenters. The average Bonchev–Trinajstić information content (AvgIpc) is 2.29. The molecule has 0 aliphatic carbocycles. The van der Waals surface area contributed by atoms with Gasteiger partial charge in [-0.2, -0.15) is 5.26 Å². The summed E-state index contributed by atoms with van der Waals surface area (Å²) in [6, 6.07) is 5.63. The zero-order valence-electron chi connectivity index (χ0n) is 8.36. The summed E-state index contributed by atoms with van der Waals surface area (Å²) in [5, 5.41) is 8.88. The number of rotatable bonds is 1. The predicted octanol–water partition coefficient (Wildman–Crippen LogP) is 1.89. The van der Waals surface area contributed by atoms with Crippen LogP contribution in [0.4, 0.5) is 10.1 Å². The van der Waals surface area contributed by atoms with Crippen LogP contribution in [0.5, 0.6) is 0 Å². The summed E-state index contributed by atoms with van der Waals surface area (Å²) in [6.07, 6.45) is 2.25. The molecule has 2 heterocycles. The molecule has 1 saturated heterocycles. The maximum Gasteiger partial charge on any atom is 0.163 e. The van der Waals surface area contributed by atoms with Crippen molar-refractivity contribution >= 4 is 5.69 Å². The Morgan fingerprint density at radius 1 is 1.60 bits per heavy atom. The molecule has 1 aliphatic rings. The molecule has 1 aromatic rings. The van der Waals surface area contributed by atoms with Gasteiger partial charge in [0.05, 0.1) is 5.69 Å². The normalized spacial score (nSPS) is 21.1. The van der Waals surface area contributed by atoms with E-state index in [0.29, 0.717) is 18.7 Å². The van der Waals surface area contributed by atoms with Crippen molar-refractivity contribution in [1.29, 1.82) is 5.26 Å². The van der Waals surface area contributed by atoms with Crippen LogP contribution in [-0.2, 0) is 0 Å². The van der Waals surface area contributed by atoms with E-state index < -0.39 is 6.17 Å². The van der Waals surface area contributed by atoms with Gasteiger partial charge in [0, 0.05) is 19.3 Å². The van der Waals surface area contributed by atoms with Crippen LogP contribution >= 0.6 is 0 Å². The Balaban J connectivity index is 2.25. The monoisotopic (exact) mass is 205 g/mol. The summed E-state index contributed by atoms with van der Waals surface area (Å²) in [6.45, 7) is 1.18. The minimum absolute atomic E-state index is 0.375. The summed E-state index contributed by atoms with van der Waals surface area (Å²) in [4.78, 5) is 5.87. The molecular weight excluding hydrogens is 193 g/mol. The summed E-state index contributed by atoms with van der Waals surface area (Å²) < 4.78 is 13.2. The van der Waals surface area contributed by atoms with E-state index in [-0.39, 0.29) is 0 Å². The number of nitriles is 1. The zero-order valence-corrected chi connectivity index (χ0v) is 8.36. The molecule has 0 amide bonds. The SMILES string of the molecule is N#Cc1ncccc1N1CCCC(F)C1. The van der Waals surface area contributed by atoms with Gasteiger partial charge in [0.1, 0.15) is 12.2 Å². The lowest BCUT2D eigenvalue weighted by Crippen LogP contribution is -2.36. The third-order valence-electron chi connectivity index (χ3n) is 2.60. The fourth-order valence-electron chi connectivity index (χ4n) is 1.88. The third kappa shape index (κ3) is 2.07. The molecule has 4 heteroatoms. The molecule has 15 heavy (non-hydrogen) atoms. The van der Waals surface area contributed by atoms with E-state index >= 15 is 0 Å². The number of alkyl halides is 1. The van der Waals surface area contributed by atoms with Gasteiger partial charge in [-0.15, -0.1) is 0 Å². The molecule has 1 aliphatic heterocycles. The van der Waals surface area contributed by atoms with E-state index in [0.717, 1.165) is 18.7 Å². The van der Waals surface area contributed by atoms with E-state index in [1.165, 1.54) is 0 Å². The van der Waals surface area contributed by atoms with Gasteiger partial charge in [0.25, 0.3) is 0 Å². The Kier molecular flexibility index (Phi) is 2.82. The Labute approximate surface area is 88.2 Å². The van der Waals surface area contributed by atoms with Crippen LogP contribution in [-0.4, -0.2) is 24.2 Å². The van der Waals surface area contributed by atoms with Crippen molar-refractivity contribution < 1.29 is 4.39 Å². The lowest BCUT2D eigenvalue weighted by Gasteiger charge is -2.31. The fourth-order valence-corrected chi connectivity index (χ4v) is 1.88. The van der Waals surface area contributed by atoms with Crippen molar-refractivity contribution in [2.75, 3.05) is 18.0 Å². The first-order valence-electron chi connectivity index (χ1n) is 5.05. The van der Waals surface area contributed by atoms with Gasteiger partial charge in [-0.25, -0.2) is 9.37 Å². The molecule has 1 fully saturated rings. The van der Waals surface area contributed by atoms with Crippen LogP contribution in [0.1, 0.15) is 18.5 Å². The molecule has 0 bridgehead atoms. The van der Waals surface area contributed by atoms with E-state index in [4.69, 9.17) is 5.26 Å².